The van der Waals surface area contributed by atoms with Crippen molar-refractivity contribution in [1.29, 1.82) is 0 Å². The van der Waals surface area contributed by atoms with E-state index >= 15 is 0 Å². The Bertz CT molecular complexity index is 1540. The molecule has 3 nitrogen and oxygen atoms in total. The van der Waals surface area contributed by atoms with Crippen LogP contribution in [0.3, 0.4) is 0 Å². The summed E-state index contributed by atoms with van der Waals surface area (Å²) in [5.74, 6) is 1.07. The molecule has 1 unspecified atom stereocenters. The van der Waals surface area contributed by atoms with Gasteiger partial charge in [0.2, 0.25) is 12.0 Å². The molecule has 1 aliphatic heterocycles. The van der Waals surface area contributed by atoms with Crippen molar-refractivity contribution in [2.24, 2.45) is 0 Å². The number of fused-ring (bicyclic) bond motifs is 10. The van der Waals surface area contributed by atoms with E-state index in [-0.39, 0.29) is 11.6 Å². The largest absolute Gasteiger partial charge is 0.259 e. The maximum atomic E-state index is 5.18. The fourth-order valence-corrected chi connectivity index (χ4v) is 5.74. The Kier molecular flexibility index (Phi) is 2.82. The van der Waals surface area contributed by atoms with Crippen LogP contribution in [0, 0.1) is 0 Å². The molecule has 3 heteroatoms. The maximum absolute atomic E-state index is 5.18. The molecule has 1 aliphatic carbocycles. The highest BCUT2D eigenvalue weighted by atomic mass is 15.3. The average molecular weight is 388 g/mol. The van der Waals surface area contributed by atoms with E-state index in [1.165, 1.54) is 44.2 Å². The van der Waals surface area contributed by atoms with Crippen LogP contribution in [-0.2, 0) is 5.41 Å². The minimum Gasteiger partial charge on any atom is -0.259 e. The van der Waals surface area contributed by atoms with Crippen LogP contribution in [0.2, 0.25) is 0 Å². The maximum Gasteiger partial charge on any atom is 0.258 e. The minimum absolute atomic E-state index is 0.000632. The minimum atomic E-state index is -0.000632. The molecule has 0 amide bonds. The number of nitrogens with zero attached hydrogens (tertiary/aromatic N) is 3. The van der Waals surface area contributed by atoms with E-state index in [9.17, 15) is 0 Å². The number of hydrogen-bond acceptors (Lipinski definition) is 1. The van der Waals surface area contributed by atoms with Gasteiger partial charge in [-0.05, 0) is 45.8 Å². The van der Waals surface area contributed by atoms with Crippen LogP contribution in [-0.4, -0.2) is 9.55 Å². The Hall–Kier alpha value is -3.46. The first kappa shape index (κ1) is 16.3. The summed E-state index contributed by atoms with van der Waals surface area (Å²) in [6.45, 7) is 6.94. The molecule has 144 valence electrons. The second-order valence-electron chi connectivity index (χ2n) is 9.15. The van der Waals surface area contributed by atoms with Gasteiger partial charge in [-0.1, -0.05) is 56.3 Å². The molecule has 0 fully saturated rings. The summed E-state index contributed by atoms with van der Waals surface area (Å²) in [5.41, 5.74) is 9.02. The first-order valence-corrected chi connectivity index (χ1v) is 10.7. The van der Waals surface area contributed by atoms with Crippen molar-refractivity contribution in [2.75, 3.05) is 0 Å². The average Bonchev–Trinajstić information content (AvgIpc) is 3.34. The zero-order valence-corrected chi connectivity index (χ0v) is 17.3. The van der Waals surface area contributed by atoms with Gasteiger partial charge in [-0.2, -0.15) is 4.57 Å². The molecule has 1 atom stereocenters. The summed E-state index contributed by atoms with van der Waals surface area (Å²) in [6, 6.07) is 24.3. The van der Waals surface area contributed by atoms with E-state index in [4.69, 9.17) is 4.98 Å². The van der Waals surface area contributed by atoms with Crippen LogP contribution in [0.15, 0.2) is 72.9 Å². The smallest absolute Gasteiger partial charge is 0.258 e. The van der Waals surface area contributed by atoms with Gasteiger partial charge in [0, 0.05) is 18.4 Å². The van der Waals surface area contributed by atoms with Crippen molar-refractivity contribution in [1.82, 2.24) is 9.55 Å². The van der Waals surface area contributed by atoms with Crippen molar-refractivity contribution in [3.63, 3.8) is 0 Å². The lowest BCUT2D eigenvalue weighted by Gasteiger charge is -2.21. The van der Waals surface area contributed by atoms with Gasteiger partial charge in [0.05, 0.1) is 16.4 Å². The summed E-state index contributed by atoms with van der Waals surface area (Å²) >= 11 is 0. The fourth-order valence-electron chi connectivity index (χ4n) is 5.74. The molecule has 5 aromatic rings. The van der Waals surface area contributed by atoms with E-state index in [2.05, 4.69) is 103 Å². The second-order valence-corrected chi connectivity index (χ2v) is 9.15. The molecular formula is C27H22N3+. The number of benzene rings is 3. The van der Waals surface area contributed by atoms with Gasteiger partial charge in [-0.25, -0.2) is 4.98 Å². The molecule has 0 spiro atoms. The summed E-state index contributed by atoms with van der Waals surface area (Å²) in [6.07, 6.45) is 2.41. The zero-order valence-electron chi connectivity index (χ0n) is 17.3. The van der Waals surface area contributed by atoms with Crippen LogP contribution >= 0.6 is 0 Å². The molecule has 3 aromatic carbocycles. The van der Waals surface area contributed by atoms with Crippen molar-refractivity contribution in [3.05, 3.63) is 84.1 Å². The van der Waals surface area contributed by atoms with Gasteiger partial charge in [0.25, 0.3) is 5.69 Å². The fraction of sp³-hybridized carbons (Fsp3) is 0.185. The van der Waals surface area contributed by atoms with Gasteiger partial charge in [-0.15, -0.1) is 0 Å². The van der Waals surface area contributed by atoms with Gasteiger partial charge < -0.3 is 0 Å². The highest BCUT2D eigenvalue weighted by Gasteiger charge is 2.40. The third-order valence-corrected chi connectivity index (χ3v) is 7.27. The zero-order chi connectivity index (χ0) is 20.2. The lowest BCUT2D eigenvalue weighted by molar-refractivity contribution is -0.704. The Morgan fingerprint density at radius 2 is 1.70 bits per heavy atom. The van der Waals surface area contributed by atoms with Crippen LogP contribution in [0.1, 0.15) is 38.1 Å². The predicted molar refractivity (Wildman–Crippen MR) is 121 cm³/mol. The Morgan fingerprint density at radius 1 is 0.900 bits per heavy atom. The number of rotatable bonds is 0. The van der Waals surface area contributed by atoms with Crippen LogP contribution in [0.4, 0.5) is 0 Å². The van der Waals surface area contributed by atoms with Crippen LogP contribution < -0.4 is 4.57 Å². The SMILES string of the molecule is CC1n2c(nc3cc4c(cc32)C(C)(C)c2ccccc2-4)-c2c3ccccc3cc[n+]21. The third kappa shape index (κ3) is 1.77. The first-order valence-electron chi connectivity index (χ1n) is 10.7. The summed E-state index contributed by atoms with van der Waals surface area (Å²) < 4.78 is 4.77. The monoisotopic (exact) mass is 388 g/mol. The topological polar surface area (TPSA) is 21.7 Å². The molecular weight excluding hydrogens is 366 g/mol. The second kappa shape index (κ2) is 5.17. The van der Waals surface area contributed by atoms with E-state index in [1.807, 2.05) is 0 Å². The van der Waals surface area contributed by atoms with Gasteiger partial charge in [-0.3, -0.25) is 4.57 Å². The van der Waals surface area contributed by atoms with Crippen LogP contribution in [0.5, 0.6) is 0 Å². The van der Waals surface area contributed by atoms with E-state index < -0.39 is 0 Å². The number of hydrogen-bond donors (Lipinski definition) is 0. The van der Waals surface area contributed by atoms with Gasteiger partial charge >= 0.3 is 0 Å². The molecule has 0 N–H and O–H groups in total. The normalized spacial score (nSPS) is 17.8. The van der Waals surface area contributed by atoms with Crippen LogP contribution in [0.25, 0.3) is 44.5 Å². The van der Waals surface area contributed by atoms with E-state index in [0.717, 1.165) is 11.3 Å². The van der Waals surface area contributed by atoms with Crippen molar-refractivity contribution >= 4 is 21.8 Å². The Balaban J connectivity index is 1.57. The van der Waals surface area contributed by atoms with Crippen molar-refractivity contribution < 1.29 is 4.57 Å². The Labute approximate surface area is 175 Å². The lowest BCUT2D eigenvalue weighted by atomic mass is 9.82. The standard InChI is InChI=1S/C27H22N3/c1-16-29-13-12-17-8-4-5-9-18(17)25(29)26-28-23-14-20-19-10-6-7-11-21(19)27(2,3)22(20)15-24(23)30(16)26/h4-16H,1-3H3/q+1. The molecule has 0 saturated carbocycles. The molecule has 2 aliphatic rings. The number of pyridine rings is 1. The van der Waals surface area contributed by atoms with Gasteiger partial charge in [0.15, 0.2) is 6.20 Å². The summed E-state index contributed by atoms with van der Waals surface area (Å²) in [5, 5.41) is 2.52. The summed E-state index contributed by atoms with van der Waals surface area (Å²) in [7, 11) is 0. The number of imidazole rings is 1. The summed E-state index contributed by atoms with van der Waals surface area (Å²) in [4.78, 5) is 5.18. The number of aromatic nitrogens is 3. The van der Waals surface area contributed by atoms with Gasteiger partial charge in [0.1, 0.15) is 0 Å². The first-order chi connectivity index (χ1) is 14.6. The molecule has 30 heavy (non-hydrogen) atoms. The van der Waals surface area contributed by atoms with Crippen molar-refractivity contribution in [3.8, 4) is 22.6 Å². The highest BCUT2D eigenvalue weighted by Crippen LogP contribution is 2.50. The molecule has 3 heterocycles. The predicted octanol–water partition coefficient (Wildman–Crippen LogP) is 5.83. The third-order valence-electron chi connectivity index (χ3n) is 7.27. The quantitative estimate of drug-likeness (QED) is 0.306. The molecule has 0 radical (unpaired) electrons. The van der Waals surface area contributed by atoms with E-state index in [0.29, 0.717) is 0 Å². The molecule has 0 saturated heterocycles. The lowest BCUT2D eigenvalue weighted by Crippen LogP contribution is -2.38. The van der Waals surface area contributed by atoms with Crippen molar-refractivity contribution in [2.45, 2.75) is 32.4 Å². The van der Waals surface area contributed by atoms with E-state index in [1.54, 1.807) is 0 Å². The molecule has 2 aromatic heterocycles. The molecule has 0 bridgehead atoms. The highest BCUT2D eigenvalue weighted by molar-refractivity contribution is 5.96. The molecule has 7 rings (SSSR count). The Morgan fingerprint density at radius 3 is 2.60 bits per heavy atom.